The van der Waals surface area contributed by atoms with Crippen LogP contribution in [0.15, 0.2) is 17.2 Å². The molecule has 7 nitrogen and oxygen atoms in total. The minimum Gasteiger partial charge on any atom is -0.481 e. The fraction of sp³-hybridized carbons (Fsp3) is 0.500. The highest BCUT2D eigenvalue weighted by Crippen LogP contribution is 2.29. The molecule has 0 aliphatic carbocycles. The Bertz CT molecular complexity index is 664. The predicted octanol–water partition coefficient (Wildman–Crippen LogP) is 1.05. The molecule has 1 aromatic rings. The third-order valence-electron chi connectivity index (χ3n) is 3.44. The van der Waals surface area contributed by atoms with Crippen molar-refractivity contribution in [3.05, 3.63) is 17.3 Å². The molecule has 0 spiro atoms. The maximum Gasteiger partial charge on any atom is 0.307 e. The lowest BCUT2D eigenvalue weighted by Gasteiger charge is -2.33. The van der Waals surface area contributed by atoms with Crippen molar-refractivity contribution in [3.8, 4) is 0 Å². The van der Waals surface area contributed by atoms with E-state index in [1.54, 1.807) is 0 Å². The van der Waals surface area contributed by atoms with Gasteiger partial charge in [-0.1, -0.05) is 18.5 Å². The lowest BCUT2D eigenvalue weighted by molar-refractivity contribution is -0.143. The summed E-state index contributed by atoms with van der Waals surface area (Å²) in [6.45, 7) is 1.99. The van der Waals surface area contributed by atoms with Crippen molar-refractivity contribution < 1.29 is 18.3 Å². The van der Waals surface area contributed by atoms with E-state index >= 15 is 0 Å². The Morgan fingerprint density at radius 1 is 1.52 bits per heavy atom. The number of halogens is 1. The quantitative estimate of drug-likeness (QED) is 0.854. The molecule has 2 rings (SSSR count). The highest BCUT2D eigenvalue weighted by atomic mass is 35.5. The van der Waals surface area contributed by atoms with Crippen LogP contribution in [0.25, 0.3) is 0 Å². The maximum absolute atomic E-state index is 12.6. The summed E-state index contributed by atoms with van der Waals surface area (Å²) in [5.74, 6) is -1.93. The normalized spacial score (nSPS) is 23.9. The van der Waals surface area contributed by atoms with E-state index in [1.807, 2.05) is 6.92 Å². The van der Waals surface area contributed by atoms with Gasteiger partial charge in [0.05, 0.1) is 10.9 Å². The molecule has 21 heavy (non-hydrogen) atoms. The van der Waals surface area contributed by atoms with E-state index in [4.69, 9.17) is 22.4 Å². The Kier molecular flexibility index (Phi) is 4.40. The minimum atomic E-state index is -3.92. The van der Waals surface area contributed by atoms with Gasteiger partial charge in [-0.3, -0.25) is 4.79 Å². The number of nitrogen functional groups attached to an aromatic ring is 1. The predicted molar refractivity (Wildman–Crippen MR) is 77.3 cm³/mol. The van der Waals surface area contributed by atoms with Crippen LogP contribution in [-0.2, 0) is 14.8 Å². The number of nitrogens with two attached hydrogens (primary N) is 1. The van der Waals surface area contributed by atoms with Gasteiger partial charge in [-0.15, -0.1) is 0 Å². The van der Waals surface area contributed by atoms with Gasteiger partial charge < -0.3 is 10.8 Å². The van der Waals surface area contributed by atoms with Crippen LogP contribution in [0.2, 0.25) is 5.02 Å². The SMILES string of the molecule is CC1CC(C(=O)O)CN(S(=O)(=O)c2cc(Cl)cnc2N)C1. The van der Waals surface area contributed by atoms with Crippen LogP contribution in [-0.4, -0.2) is 41.9 Å². The first kappa shape index (κ1) is 16.0. The molecule has 0 saturated carbocycles. The number of rotatable bonds is 3. The van der Waals surface area contributed by atoms with E-state index in [-0.39, 0.29) is 34.7 Å². The highest BCUT2D eigenvalue weighted by Gasteiger charge is 2.37. The summed E-state index contributed by atoms with van der Waals surface area (Å²) in [5, 5.41) is 9.28. The number of hydrogen-bond acceptors (Lipinski definition) is 5. The van der Waals surface area contributed by atoms with Crippen LogP contribution in [0.1, 0.15) is 13.3 Å². The number of carboxylic acid groups (broad SMARTS) is 1. The van der Waals surface area contributed by atoms with Crippen LogP contribution in [0.5, 0.6) is 0 Å². The molecule has 1 aromatic heterocycles. The average Bonchev–Trinajstić information content (AvgIpc) is 2.40. The maximum atomic E-state index is 12.6. The molecule has 0 bridgehead atoms. The number of hydrogen-bond donors (Lipinski definition) is 2. The van der Waals surface area contributed by atoms with Crippen LogP contribution in [0, 0.1) is 11.8 Å². The number of pyridine rings is 1. The Morgan fingerprint density at radius 2 is 2.19 bits per heavy atom. The van der Waals surface area contributed by atoms with E-state index in [1.165, 1.54) is 12.3 Å². The Balaban J connectivity index is 2.38. The number of aromatic nitrogens is 1. The van der Waals surface area contributed by atoms with Gasteiger partial charge in [-0.2, -0.15) is 4.31 Å². The number of sulfonamides is 1. The fourth-order valence-corrected chi connectivity index (χ4v) is 4.38. The summed E-state index contributed by atoms with van der Waals surface area (Å²) in [7, 11) is -3.92. The van der Waals surface area contributed by atoms with Crippen LogP contribution < -0.4 is 5.73 Å². The average molecular weight is 334 g/mol. The summed E-state index contributed by atoms with van der Waals surface area (Å²) in [6.07, 6.45) is 1.71. The van der Waals surface area contributed by atoms with E-state index in [9.17, 15) is 13.2 Å². The van der Waals surface area contributed by atoms with Crippen molar-refractivity contribution in [1.29, 1.82) is 0 Å². The zero-order valence-corrected chi connectivity index (χ0v) is 12.9. The molecule has 1 fully saturated rings. The topological polar surface area (TPSA) is 114 Å². The molecule has 2 unspecified atom stereocenters. The Hall–Kier alpha value is -1.38. The van der Waals surface area contributed by atoms with E-state index in [2.05, 4.69) is 4.98 Å². The molecule has 0 aromatic carbocycles. The summed E-state index contributed by atoms with van der Waals surface area (Å²) in [6, 6.07) is 1.23. The second-order valence-electron chi connectivity index (χ2n) is 5.23. The summed E-state index contributed by atoms with van der Waals surface area (Å²) >= 11 is 5.77. The number of aliphatic carboxylic acids is 1. The number of carbonyl (C=O) groups is 1. The van der Waals surface area contributed by atoms with Gasteiger partial charge in [0.1, 0.15) is 10.7 Å². The van der Waals surface area contributed by atoms with Crippen LogP contribution in [0.3, 0.4) is 0 Å². The van der Waals surface area contributed by atoms with Gasteiger partial charge in [0, 0.05) is 19.3 Å². The molecule has 116 valence electrons. The molecule has 2 atom stereocenters. The van der Waals surface area contributed by atoms with E-state index in [0.29, 0.717) is 6.42 Å². The number of piperidine rings is 1. The molecule has 1 aliphatic heterocycles. The summed E-state index contributed by atoms with van der Waals surface area (Å²) in [5.41, 5.74) is 5.62. The largest absolute Gasteiger partial charge is 0.481 e. The van der Waals surface area contributed by atoms with E-state index in [0.717, 1.165) is 4.31 Å². The second-order valence-corrected chi connectivity index (χ2v) is 7.58. The minimum absolute atomic E-state index is 0.0528. The van der Waals surface area contributed by atoms with Gasteiger partial charge in [0.15, 0.2) is 0 Å². The van der Waals surface area contributed by atoms with Crippen molar-refractivity contribution in [2.24, 2.45) is 11.8 Å². The van der Waals surface area contributed by atoms with Crippen molar-refractivity contribution in [1.82, 2.24) is 9.29 Å². The molecule has 9 heteroatoms. The van der Waals surface area contributed by atoms with Gasteiger partial charge >= 0.3 is 5.97 Å². The van der Waals surface area contributed by atoms with E-state index < -0.39 is 21.9 Å². The number of anilines is 1. The lowest BCUT2D eigenvalue weighted by atomic mass is 9.92. The highest BCUT2D eigenvalue weighted by molar-refractivity contribution is 7.89. The van der Waals surface area contributed by atoms with Crippen molar-refractivity contribution in [2.45, 2.75) is 18.2 Å². The van der Waals surface area contributed by atoms with Crippen molar-refractivity contribution in [2.75, 3.05) is 18.8 Å². The Labute approximate surface area is 127 Å². The molecule has 0 amide bonds. The van der Waals surface area contributed by atoms with Gasteiger partial charge in [-0.05, 0) is 18.4 Å². The Morgan fingerprint density at radius 3 is 2.81 bits per heavy atom. The molecule has 3 N–H and O–H groups in total. The van der Waals surface area contributed by atoms with Crippen molar-refractivity contribution in [3.63, 3.8) is 0 Å². The zero-order valence-electron chi connectivity index (χ0n) is 11.4. The van der Waals surface area contributed by atoms with Gasteiger partial charge in [0.25, 0.3) is 0 Å². The summed E-state index contributed by atoms with van der Waals surface area (Å²) in [4.78, 5) is 14.7. The number of nitrogens with zero attached hydrogens (tertiary/aromatic N) is 2. The number of carboxylic acids is 1. The third kappa shape index (κ3) is 3.28. The summed E-state index contributed by atoms with van der Waals surface area (Å²) < 4.78 is 26.4. The third-order valence-corrected chi connectivity index (χ3v) is 5.51. The second kappa shape index (κ2) is 5.78. The lowest BCUT2D eigenvalue weighted by Crippen LogP contribution is -2.45. The molecular formula is C12H16ClN3O4S. The van der Waals surface area contributed by atoms with Crippen LogP contribution >= 0.6 is 11.6 Å². The molecule has 1 aliphatic rings. The van der Waals surface area contributed by atoms with Crippen LogP contribution in [0.4, 0.5) is 5.82 Å². The molecular weight excluding hydrogens is 318 g/mol. The first-order valence-corrected chi connectivity index (χ1v) is 8.17. The molecule has 1 saturated heterocycles. The first-order chi connectivity index (χ1) is 9.71. The smallest absolute Gasteiger partial charge is 0.307 e. The zero-order chi connectivity index (χ0) is 15.8. The fourth-order valence-electron chi connectivity index (χ4n) is 2.45. The molecule has 0 radical (unpaired) electrons. The van der Waals surface area contributed by atoms with Gasteiger partial charge in [-0.25, -0.2) is 13.4 Å². The monoisotopic (exact) mass is 333 g/mol. The molecule has 2 heterocycles. The standard InChI is InChI=1S/C12H16ClN3O4S/c1-7-2-8(12(17)18)6-16(5-7)21(19,20)10-3-9(13)4-15-11(10)14/h3-4,7-8H,2,5-6H2,1H3,(H2,14,15)(H,17,18). The van der Waals surface area contributed by atoms with Gasteiger partial charge in [0.2, 0.25) is 10.0 Å². The van der Waals surface area contributed by atoms with Crippen molar-refractivity contribution >= 4 is 33.4 Å². The first-order valence-electron chi connectivity index (χ1n) is 6.35.